The number of hydrogen-bond donors (Lipinski definition) is 0. The lowest BCUT2D eigenvalue weighted by Crippen LogP contribution is -2.09. The molecule has 6 heteroatoms. The van der Waals surface area contributed by atoms with E-state index in [2.05, 4.69) is 10.2 Å². The predicted octanol–water partition coefficient (Wildman–Crippen LogP) is 2.60. The fraction of sp³-hybridized carbons (Fsp3) is 0.182. The Balaban J connectivity index is 2.60. The van der Waals surface area contributed by atoms with Crippen molar-refractivity contribution >= 4 is 28.5 Å². The maximum Gasteiger partial charge on any atom is 0.360 e. The number of aromatic nitrogens is 2. The average Bonchev–Trinajstić information content (AvgIpc) is 2.30. The minimum atomic E-state index is -0.670. The van der Waals surface area contributed by atoms with Crippen LogP contribution in [0.4, 0.5) is 4.39 Å². The Hall–Kier alpha value is -1.75. The van der Waals surface area contributed by atoms with Gasteiger partial charge in [0.25, 0.3) is 0 Å². The Morgan fingerprint density at radius 2 is 2.24 bits per heavy atom. The summed E-state index contributed by atoms with van der Waals surface area (Å²) in [5.74, 6) is -1.13. The zero-order valence-electron chi connectivity index (χ0n) is 8.91. The number of carbonyl (C=O) groups is 1. The topological polar surface area (TPSA) is 52.1 Å². The van der Waals surface area contributed by atoms with Gasteiger partial charge in [-0.3, -0.25) is 0 Å². The highest BCUT2D eigenvalue weighted by atomic mass is 35.5. The van der Waals surface area contributed by atoms with E-state index in [9.17, 15) is 9.18 Å². The summed E-state index contributed by atoms with van der Waals surface area (Å²) < 4.78 is 17.8. The molecule has 4 nitrogen and oxygen atoms in total. The lowest BCUT2D eigenvalue weighted by Gasteiger charge is -2.05. The molecule has 0 saturated heterocycles. The van der Waals surface area contributed by atoms with E-state index in [4.69, 9.17) is 16.3 Å². The zero-order valence-corrected chi connectivity index (χ0v) is 9.66. The normalized spacial score (nSPS) is 10.5. The van der Waals surface area contributed by atoms with E-state index in [1.165, 1.54) is 18.2 Å². The molecule has 0 aliphatic heterocycles. The smallest absolute Gasteiger partial charge is 0.360 e. The third kappa shape index (κ3) is 2.19. The van der Waals surface area contributed by atoms with Gasteiger partial charge in [-0.05, 0) is 25.1 Å². The number of fused-ring (bicyclic) bond motifs is 1. The van der Waals surface area contributed by atoms with Gasteiger partial charge < -0.3 is 4.74 Å². The second-order valence-corrected chi connectivity index (χ2v) is 3.62. The van der Waals surface area contributed by atoms with Gasteiger partial charge in [0, 0.05) is 5.39 Å². The first kappa shape index (κ1) is 11.7. The minimum Gasteiger partial charge on any atom is -0.461 e. The molecule has 0 atom stereocenters. The van der Waals surface area contributed by atoms with Crippen LogP contribution in [0.5, 0.6) is 0 Å². The van der Waals surface area contributed by atoms with Crippen LogP contribution in [0.3, 0.4) is 0 Å². The van der Waals surface area contributed by atoms with Gasteiger partial charge in [-0.1, -0.05) is 11.6 Å². The van der Waals surface area contributed by atoms with Crippen molar-refractivity contribution in [2.75, 3.05) is 6.61 Å². The molecule has 0 amide bonds. The molecule has 17 heavy (non-hydrogen) atoms. The van der Waals surface area contributed by atoms with Crippen molar-refractivity contribution in [1.29, 1.82) is 0 Å². The molecule has 0 bridgehead atoms. The van der Waals surface area contributed by atoms with Crippen molar-refractivity contribution < 1.29 is 13.9 Å². The van der Waals surface area contributed by atoms with Crippen molar-refractivity contribution in [3.63, 3.8) is 0 Å². The number of esters is 1. The Labute approximate surface area is 101 Å². The Morgan fingerprint density at radius 1 is 1.47 bits per heavy atom. The second-order valence-electron chi connectivity index (χ2n) is 3.24. The van der Waals surface area contributed by atoms with Crippen LogP contribution >= 0.6 is 11.6 Å². The average molecular weight is 255 g/mol. The maximum absolute atomic E-state index is 13.1. The molecular formula is C11H8ClFN2O2. The molecule has 0 aliphatic rings. The SMILES string of the molecule is CCOC(=O)c1nnc2ccc(F)cc2c1Cl. The molecule has 1 aromatic heterocycles. The third-order valence-corrected chi connectivity index (χ3v) is 2.51. The summed E-state index contributed by atoms with van der Waals surface area (Å²) >= 11 is 5.97. The number of nitrogens with zero attached hydrogens (tertiary/aromatic N) is 2. The van der Waals surface area contributed by atoms with Crippen molar-refractivity contribution in [1.82, 2.24) is 10.2 Å². The van der Waals surface area contributed by atoms with Crippen LogP contribution < -0.4 is 0 Å². The molecule has 0 fully saturated rings. The highest BCUT2D eigenvalue weighted by Crippen LogP contribution is 2.25. The fourth-order valence-corrected chi connectivity index (χ4v) is 1.64. The van der Waals surface area contributed by atoms with Gasteiger partial charge in [-0.25, -0.2) is 9.18 Å². The van der Waals surface area contributed by atoms with E-state index in [1.807, 2.05) is 0 Å². The van der Waals surface area contributed by atoms with Crippen LogP contribution in [0.1, 0.15) is 17.4 Å². The molecule has 1 heterocycles. The standard InChI is InChI=1S/C11H8ClFN2O2/c1-2-17-11(16)10-9(12)7-5-6(13)3-4-8(7)14-15-10/h3-5H,2H2,1H3. The van der Waals surface area contributed by atoms with Crippen molar-refractivity contribution in [2.24, 2.45) is 0 Å². The summed E-state index contributed by atoms with van der Waals surface area (Å²) in [5.41, 5.74) is 0.316. The summed E-state index contributed by atoms with van der Waals surface area (Å²) in [6.07, 6.45) is 0. The second kappa shape index (κ2) is 4.63. The summed E-state index contributed by atoms with van der Waals surface area (Å²) in [7, 11) is 0. The quantitative estimate of drug-likeness (QED) is 0.773. The van der Waals surface area contributed by atoms with Gasteiger partial charge in [0.2, 0.25) is 0 Å². The molecule has 2 rings (SSSR count). The molecule has 0 saturated carbocycles. The maximum atomic E-state index is 13.1. The Kier molecular flexibility index (Phi) is 3.19. The molecular weight excluding hydrogens is 247 g/mol. The zero-order chi connectivity index (χ0) is 12.4. The van der Waals surface area contributed by atoms with E-state index >= 15 is 0 Å². The van der Waals surface area contributed by atoms with Crippen molar-refractivity contribution in [2.45, 2.75) is 6.92 Å². The molecule has 0 N–H and O–H groups in total. The number of hydrogen-bond acceptors (Lipinski definition) is 4. The van der Waals surface area contributed by atoms with E-state index in [1.54, 1.807) is 6.92 Å². The number of carbonyl (C=O) groups excluding carboxylic acids is 1. The van der Waals surface area contributed by atoms with Crippen LogP contribution in [0.25, 0.3) is 10.9 Å². The number of halogens is 2. The summed E-state index contributed by atoms with van der Waals surface area (Å²) in [6.45, 7) is 1.87. The van der Waals surface area contributed by atoms with Gasteiger partial charge in [-0.15, -0.1) is 10.2 Å². The minimum absolute atomic E-state index is 0.0490. The first-order valence-electron chi connectivity index (χ1n) is 4.92. The molecule has 0 aliphatic carbocycles. The monoisotopic (exact) mass is 254 g/mol. The van der Waals surface area contributed by atoms with Crippen LogP contribution in [-0.2, 0) is 4.74 Å². The van der Waals surface area contributed by atoms with Gasteiger partial charge >= 0.3 is 5.97 Å². The lowest BCUT2D eigenvalue weighted by molar-refractivity contribution is 0.0518. The fourth-order valence-electron chi connectivity index (χ4n) is 1.38. The summed E-state index contributed by atoms with van der Waals surface area (Å²) in [6, 6.07) is 3.89. The largest absolute Gasteiger partial charge is 0.461 e. The Bertz CT molecular complexity index is 589. The highest BCUT2D eigenvalue weighted by Gasteiger charge is 2.17. The highest BCUT2D eigenvalue weighted by molar-refractivity contribution is 6.37. The van der Waals surface area contributed by atoms with Gasteiger partial charge in [-0.2, -0.15) is 0 Å². The molecule has 2 aromatic rings. The third-order valence-electron chi connectivity index (χ3n) is 2.13. The molecule has 1 aromatic carbocycles. The van der Waals surface area contributed by atoms with Gasteiger partial charge in [0.1, 0.15) is 5.82 Å². The van der Waals surface area contributed by atoms with Gasteiger partial charge in [0.15, 0.2) is 5.69 Å². The van der Waals surface area contributed by atoms with E-state index in [0.717, 1.165) is 0 Å². The predicted molar refractivity (Wildman–Crippen MR) is 60.5 cm³/mol. The van der Waals surface area contributed by atoms with Gasteiger partial charge in [0.05, 0.1) is 17.1 Å². The summed E-state index contributed by atoms with van der Waals surface area (Å²) in [4.78, 5) is 11.5. The van der Waals surface area contributed by atoms with Crippen LogP contribution in [0, 0.1) is 5.82 Å². The number of rotatable bonds is 2. The van der Waals surface area contributed by atoms with E-state index < -0.39 is 11.8 Å². The number of benzene rings is 1. The van der Waals surface area contributed by atoms with Crippen molar-refractivity contribution in [3.05, 3.63) is 34.7 Å². The van der Waals surface area contributed by atoms with E-state index in [-0.39, 0.29) is 17.3 Å². The summed E-state index contributed by atoms with van der Waals surface area (Å²) in [5, 5.41) is 7.85. The van der Waals surface area contributed by atoms with Crippen LogP contribution in [0.2, 0.25) is 5.02 Å². The first-order valence-corrected chi connectivity index (χ1v) is 5.30. The molecule has 88 valence electrons. The molecule has 0 spiro atoms. The molecule has 0 radical (unpaired) electrons. The Morgan fingerprint density at radius 3 is 2.94 bits per heavy atom. The number of ether oxygens (including phenoxy) is 1. The van der Waals surface area contributed by atoms with Crippen LogP contribution in [0.15, 0.2) is 18.2 Å². The van der Waals surface area contributed by atoms with Crippen molar-refractivity contribution in [3.8, 4) is 0 Å². The molecule has 0 unspecified atom stereocenters. The first-order chi connectivity index (χ1) is 8.13. The van der Waals surface area contributed by atoms with Crippen LogP contribution in [-0.4, -0.2) is 22.8 Å². The lowest BCUT2D eigenvalue weighted by atomic mass is 10.2. The van der Waals surface area contributed by atoms with E-state index in [0.29, 0.717) is 10.9 Å².